The van der Waals surface area contributed by atoms with E-state index in [1.165, 1.54) is 39.0 Å². The van der Waals surface area contributed by atoms with Crippen LogP contribution in [0, 0.1) is 5.41 Å². The minimum Gasteiger partial charge on any atom is -0.316 e. The van der Waals surface area contributed by atoms with E-state index in [2.05, 4.69) is 10.6 Å². The van der Waals surface area contributed by atoms with Gasteiger partial charge in [-0.3, -0.25) is 0 Å². The average molecular weight is 126 g/mol. The summed E-state index contributed by atoms with van der Waals surface area (Å²) in [5.41, 5.74) is 0.679. The van der Waals surface area contributed by atoms with Crippen molar-refractivity contribution in [2.24, 2.45) is 5.41 Å². The first-order valence-electron chi connectivity index (χ1n) is 3.83. The largest absolute Gasteiger partial charge is 0.316 e. The third-order valence-corrected chi connectivity index (χ3v) is 2.56. The van der Waals surface area contributed by atoms with Crippen molar-refractivity contribution >= 4 is 0 Å². The summed E-state index contributed by atoms with van der Waals surface area (Å²) < 4.78 is 0. The molecule has 0 aromatic heterocycles. The number of nitrogens with one attached hydrogen (secondary N) is 2. The molecule has 0 saturated carbocycles. The zero-order valence-electron chi connectivity index (χ0n) is 5.74. The maximum Gasteiger partial charge on any atom is 0.00777 e. The maximum atomic E-state index is 3.44. The highest BCUT2D eigenvalue weighted by atomic mass is 15.0. The molecule has 2 rings (SSSR count). The number of hydrogen-bond donors (Lipinski definition) is 2. The molecular formula is C7H14N2. The summed E-state index contributed by atoms with van der Waals surface area (Å²) in [6.07, 6.45) is 2.81. The molecule has 0 bridgehead atoms. The van der Waals surface area contributed by atoms with Gasteiger partial charge in [0.25, 0.3) is 0 Å². The van der Waals surface area contributed by atoms with Crippen LogP contribution >= 0.6 is 0 Å². The van der Waals surface area contributed by atoms with Crippen LogP contribution in [0.25, 0.3) is 0 Å². The molecule has 2 heterocycles. The summed E-state index contributed by atoms with van der Waals surface area (Å²) in [4.78, 5) is 0. The van der Waals surface area contributed by atoms with Gasteiger partial charge in [0.1, 0.15) is 0 Å². The maximum absolute atomic E-state index is 3.44. The molecule has 2 N–H and O–H groups in total. The van der Waals surface area contributed by atoms with E-state index in [4.69, 9.17) is 0 Å². The van der Waals surface area contributed by atoms with Gasteiger partial charge in [0.15, 0.2) is 0 Å². The molecule has 2 nitrogen and oxygen atoms in total. The van der Waals surface area contributed by atoms with E-state index in [9.17, 15) is 0 Å². The second-order valence-electron chi connectivity index (χ2n) is 3.38. The van der Waals surface area contributed by atoms with Crippen molar-refractivity contribution in [3.63, 3.8) is 0 Å². The first kappa shape index (κ1) is 5.69. The van der Waals surface area contributed by atoms with Gasteiger partial charge in [-0.05, 0) is 19.4 Å². The third kappa shape index (κ3) is 0.864. The molecule has 9 heavy (non-hydrogen) atoms. The molecule has 0 radical (unpaired) electrons. The second kappa shape index (κ2) is 1.96. The van der Waals surface area contributed by atoms with Crippen LogP contribution in [-0.4, -0.2) is 26.2 Å². The SMILES string of the molecule is C1CNCC2(C1)CNC2. The zero-order valence-corrected chi connectivity index (χ0v) is 5.74. The quantitative estimate of drug-likeness (QED) is 0.476. The van der Waals surface area contributed by atoms with E-state index < -0.39 is 0 Å². The standard InChI is InChI=1S/C7H14N2/c1-2-7(4-8-3-1)5-9-6-7/h8-9H,1-6H2. The third-order valence-electron chi connectivity index (χ3n) is 2.56. The number of hydrogen-bond acceptors (Lipinski definition) is 2. The monoisotopic (exact) mass is 126 g/mol. The summed E-state index contributed by atoms with van der Waals surface area (Å²) in [6.45, 7) is 4.99. The van der Waals surface area contributed by atoms with E-state index >= 15 is 0 Å². The summed E-state index contributed by atoms with van der Waals surface area (Å²) in [5, 5.41) is 6.77. The van der Waals surface area contributed by atoms with Crippen LogP contribution in [0.2, 0.25) is 0 Å². The van der Waals surface area contributed by atoms with Gasteiger partial charge in [-0.25, -0.2) is 0 Å². The van der Waals surface area contributed by atoms with Gasteiger partial charge >= 0.3 is 0 Å². The molecular weight excluding hydrogens is 112 g/mol. The molecule has 0 aromatic rings. The van der Waals surface area contributed by atoms with Crippen LogP contribution < -0.4 is 10.6 Å². The topological polar surface area (TPSA) is 24.1 Å². The molecule has 0 atom stereocenters. The summed E-state index contributed by atoms with van der Waals surface area (Å²) in [5.74, 6) is 0. The predicted octanol–water partition coefficient (Wildman–Crippen LogP) is -0.0406. The average Bonchev–Trinajstić information content (AvgIpc) is 1.87. The highest BCUT2D eigenvalue weighted by Gasteiger charge is 2.37. The van der Waals surface area contributed by atoms with Crippen molar-refractivity contribution in [1.29, 1.82) is 0 Å². The lowest BCUT2D eigenvalue weighted by Crippen LogP contribution is -2.60. The van der Waals surface area contributed by atoms with E-state index in [-0.39, 0.29) is 0 Å². The Bertz CT molecular complexity index is 99.5. The van der Waals surface area contributed by atoms with E-state index in [1.807, 2.05) is 0 Å². The van der Waals surface area contributed by atoms with Crippen molar-refractivity contribution in [1.82, 2.24) is 10.6 Å². The van der Waals surface area contributed by atoms with Crippen LogP contribution in [0.5, 0.6) is 0 Å². The first-order chi connectivity index (χ1) is 4.41. The van der Waals surface area contributed by atoms with Crippen molar-refractivity contribution in [2.45, 2.75) is 12.8 Å². The molecule has 2 aliphatic heterocycles. The van der Waals surface area contributed by atoms with Crippen molar-refractivity contribution in [2.75, 3.05) is 26.2 Å². The summed E-state index contributed by atoms with van der Waals surface area (Å²) in [6, 6.07) is 0. The van der Waals surface area contributed by atoms with Crippen molar-refractivity contribution < 1.29 is 0 Å². The van der Waals surface area contributed by atoms with Crippen LogP contribution in [0.4, 0.5) is 0 Å². The van der Waals surface area contributed by atoms with Crippen LogP contribution in [-0.2, 0) is 0 Å². The molecule has 2 aliphatic rings. The smallest absolute Gasteiger partial charge is 0.00777 e. The second-order valence-corrected chi connectivity index (χ2v) is 3.38. The van der Waals surface area contributed by atoms with Gasteiger partial charge in [0.2, 0.25) is 0 Å². The molecule has 52 valence electrons. The lowest BCUT2D eigenvalue weighted by molar-refractivity contribution is 0.123. The first-order valence-corrected chi connectivity index (χ1v) is 3.83. The van der Waals surface area contributed by atoms with Gasteiger partial charge in [-0.1, -0.05) is 0 Å². The van der Waals surface area contributed by atoms with Crippen LogP contribution in [0.3, 0.4) is 0 Å². The number of piperidine rings is 1. The Morgan fingerprint density at radius 2 is 1.78 bits per heavy atom. The summed E-state index contributed by atoms with van der Waals surface area (Å²) >= 11 is 0. The lowest BCUT2D eigenvalue weighted by Gasteiger charge is -2.45. The van der Waals surface area contributed by atoms with Crippen molar-refractivity contribution in [3.8, 4) is 0 Å². The molecule has 0 amide bonds. The highest BCUT2D eigenvalue weighted by Crippen LogP contribution is 2.29. The van der Waals surface area contributed by atoms with E-state index in [1.54, 1.807) is 0 Å². The van der Waals surface area contributed by atoms with Gasteiger partial charge in [0, 0.05) is 25.0 Å². The Hall–Kier alpha value is -0.0800. The normalized spacial score (nSPS) is 32.0. The van der Waals surface area contributed by atoms with Gasteiger partial charge in [-0.15, -0.1) is 0 Å². The lowest BCUT2D eigenvalue weighted by atomic mass is 9.76. The fourth-order valence-corrected chi connectivity index (χ4v) is 1.81. The Labute approximate surface area is 56.0 Å². The van der Waals surface area contributed by atoms with E-state index in [0.29, 0.717) is 5.41 Å². The van der Waals surface area contributed by atoms with Crippen LogP contribution in [0.15, 0.2) is 0 Å². The summed E-state index contributed by atoms with van der Waals surface area (Å²) in [7, 11) is 0. The minimum absolute atomic E-state index is 0.679. The highest BCUT2D eigenvalue weighted by molar-refractivity contribution is 4.95. The van der Waals surface area contributed by atoms with Gasteiger partial charge < -0.3 is 10.6 Å². The molecule has 2 saturated heterocycles. The predicted molar refractivity (Wildman–Crippen MR) is 37.4 cm³/mol. The molecule has 1 spiro atoms. The van der Waals surface area contributed by atoms with Crippen molar-refractivity contribution in [3.05, 3.63) is 0 Å². The molecule has 2 heteroatoms. The number of rotatable bonds is 0. The minimum atomic E-state index is 0.679. The van der Waals surface area contributed by atoms with E-state index in [0.717, 1.165) is 0 Å². The Morgan fingerprint density at radius 3 is 2.11 bits per heavy atom. The zero-order chi connectivity index (χ0) is 6.16. The molecule has 0 unspecified atom stereocenters. The fourth-order valence-electron chi connectivity index (χ4n) is 1.81. The Morgan fingerprint density at radius 1 is 1.00 bits per heavy atom. The van der Waals surface area contributed by atoms with Crippen LogP contribution in [0.1, 0.15) is 12.8 Å². The Kier molecular flexibility index (Phi) is 1.24. The molecule has 0 aromatic carbocycles. The fraction of sp³-hybridized carbons (Fsp3) is 1.00. The molecule has 2 fully saturated rings. The molecule has 0 aliphatic carbocycles. The van der Waals surface area contributed by atoms with Gasteiger partial charge in [-0.2, -0.15) is 0 Å². The van der Waals surface area contributed by atoms with Gasteiger partial charge in [0.05, 0.1) is 0 Å². The Balaban J connectivity index is 1.93.